The number of dihydropyridines is 1. The summed E-state index contributed by atoms with van der Waals surface area (Å²) in [6, 6.07) is 3.51. The molecule has 1 atom stereocenters. The lowest BCUT2D eigenvalue weighted by molar-refractivity contribution is -0.140. The van der Waals surface area contributed by atoms with E-state index >= 15 is 0 Å². The minimum Gasteiger partial charge on any atom is -0.478 e. The van der Waals surface area contributed by atoms with Gasteiger partial charge in [0.25, 0.3) is 0 Å². The van der Waals surface area contributed by atoms with Gasteiger partial charge in [-0.15, -0.1) is 0 Å². The van der Waals surface area contributed by atoms with Gasteiger partial charge in [0.05, 0.1) is 23.3 Å². The van der Waals surface area contributed by atoms with E-state index in [9.17, 15) is 14.7 Å². The number of hydrogen-bond donors (Lipinski definition) is 2. The Bertz CT molecular complexity index is 719. The van der Waals surface area contributed by atoms with Gasteiger partial charge in [-0.1, -0.05) is 19.3 Å². The van der Waals surface area contributed by atoms with Crippen LogP contribution in [-0.2, 0) is 14.3 Å². The summed E-state index contributed by atoms with van der Waals surface area (Å²) in [7, 11) is 0. The number of hydrogen-bond acceptors (Lipinski definition) is 6. The number of nitrogens with one attached hydrogen (secondary N) is 1. The Kier molecular flexibility index (Phi) is 6.41. The summed E-state index contributed by atoms with van der Waals surface area (Å²) in [5.74, 6) is -3.22. The third kappa shape index (κ3) is 4.05. The van der Waals surface area contributed by atoms with Crippen LogP contribution in [0.15, 0.2) is 22.5 Å². The minimum atomic E-state index is -1.05. The molecule has 0 amide bonds. The van der Waals surface area contributed by atoms with E-state index in [1.54, 1.807) is 26.0 Å². The molecular weight excluding hydrogens is 334 g/mol. The van der Waals surface area contributed by atoms with Crippen LogP contribution in [0.25, 0.3) is 0 Å². The van der Waals surface area contributed by atoms with E-state index in [1.807, 2.05) is 0 Å². The normalized spacial score (nSPS) is 21.0. The quantitative estimate of drug-likeness (QED) is 0.725. The van der Waals surface area contributed by atoms with Crippen LogP contribution >= 0.6 is 0 Å². The summed E-state index contributed by atoms with van der Waals surface area (Å²) in [5.41, 5.74) is 1.61. The van der Waals surface area contributed by atoms with Crippen molar-refractivity contribution in [3.63, 3.8) is 0 Å². The molecular formula is C19H23N3O4. The van der Waals surface area contributed by atoms with Gasteiger partial charge in [-0.25, -0.2) is 9.59 Å². The topological polar surface area (TPSA) is 123 Å². The molecule has 1 aliphatic carbocycles. The highest BCUT2D eigenvalue weighted by Gasteiger charge is 2.41. The number of rotatable bonds is 5. The van der Waals surface area contributed by atoms with E-state index in [4.69, 9.17) is 15.3 Å². The summed E-state index contributed by atoms with van der Waals surface area (Å²) in [4.78, 5) is 24.6. The molecule has 0 aromatic rings. The second-order valence-corrected chi connectivity index (χ2v) is 6.79. The van der Waals surface area contributed by atoms with E-state index in [-0.39, 0.29) is 18.1 Å². The van der Waals surface area contributed by atoms with E-state index in [1.165, 1.54) is 0 Å². The van der Waals surface area contributed by atoms with Crippen molar-refractivity contribution in [3.05, 3.63) is 22.5 Å². The first-order valence-corrected chi connectivity index (χ1v) is 8.78. The van der Waals surface area contributed by atoms with Crippen molar-refractivity contribution in [2.24, 2.45) is 17.8 Å². The zero-order valence-corrected chi connectivity index (χ0v) is 15.0. The predicted molar refractivity (Wildman–Crippen MR) is 91.9 cm³/mol. The number of esters is 1. The lowest BCUT2D eigenvalue weighted by Gasteiger charge is -2.36. The SMILES string of the molecule is CC1=C(C(=O)O)C(C2CCCCC2)C(C(=O)OCC(C#N)C#N)=C(C)N1. The van der Waals surface area contributed by atoms with Crippen LogP contribution < -0.4 is 5.32 Å². The van der Waals surface area contributed by atoms with Crippen molar-refractivity contribution < 1.29 is 19.4 Å². The molecule has 0 radical (unpaired) electrons. The molecule has 138 valence electrons. The Morgan fingerprint density at radius 2 is 1.73 bits per heavy atom. The number of nitrogens with zero attached hydrogens (tertiary/aromatic N) is 2. The molecule has 1 aliphatic heterocycles. The molecule has 0 spiro atoms. The van der Waals surface area contributed by atoms with Crippen molar-refractivity contribution in [1.82, 2.24) is 5.32 Å². The number of carboxylic acids is 1. The maximum atomic E-state index is 12.7. The molecule has 26 heavy (non-hydrogen) atoms. The van der Waals surface area contributed by atoms with Crippen molar-refractivity contribution in [3.8, 4) is 12.1 Å². The van der Waals surface area contributed by atoms with E-state index < -0.39 is 23.8 Å². The standard InChI is InChI=1S/C19H23N3O4/c1-11-15(18(23)24)17(14-6-4-3-5-7-14)16(12(2)22-11)19(25)26-10-13(8-20)9-21/h13-14,17,22H,3-7,10H2,1-2H3,(H,23,24). The first-order chi connectivity index (χ1) is 12.4. The lowest BCUT2D eigenvalue weighted by Crippen LogP contribution is -2.37. The van der Waals surface area contributed by atoms with Gasteiger partial charge < -0.3 is 15.2 Å². The maximum Gasteiger partial charge on any atom is 0.336 e. The zero-order valence-electron chi connectivity index (χ0n) is 15.0. The van der Waals surface area contributed by atoms with E-state index in [0.29, 0.717) is 17.0 Å². The fraction of sp³-hybridized carbons (Fsp3) is 0.579. The van der Waals surface area contributed by atoms with Gasteiger partial charge in [-0.05, 0) is 32.6 Å². The molecule has 1 saturated carbocycles. The summed E-state index contributed by atoms with van der Waals surface area (Å²) in [5, 5.41) is 30.4. The molecule has 7 nitrogen and oxygen atoms in total. The number of aliphatic carboxylic acids is 1. The second kappa shape index (κ2) is 8.53. The van der Waals surface area contributed by atoms with Crippen molar-refractivity contribution >= 4 is 11.9 Å². The van der Waals surface area contributed by atoms with Crippen LogP contribution in [0.1, 0.15) is 46.0 Å². The highest BCUT2D eigenvalue weighted by molar-refractivity contribution is 5.97. The van der Waals surface area contributed by atoms with Crippen LogP contribution in [0.5, 0.6) is 0 Å². The number of nitriles is 2. The Morgan fingerprint density at radius 3 is 2.27 bits per heavy atom. The molecule has 1 fully saturated rings. The third-order valence-electron chi connectivity index (χ3n) is 5.07. The van der Waals surface area contributed by atoms with Crippen LogP contribution in [-0.4, -0.2) is 23.7 Å². The fourth-order valence-electron chi connectivity index (χ4n) is 3.88. The molecule has 0 bridgehead atoms. The Hall–Kier alpha value is -2.80. The number of carbonyl (C=O) groups is 2. The highest BCUT2D eigenvalue weighted by Crippen LogP contribution is 2.42. The molecule has 1 heterocycles. The first-order valence-electron chi connectivity index (χ1n) is 8.78. The highest BCUT2D eigenvalue weighted by atomic mass is 16.5. The Morgan fingerprint density at radius 1 is 1.15 bits per heavy atom. The van der Waals surface area contributed by atoms with Gasteiger partial charge in [0.2, 0.25) is 0 Å². The molecule has 7 heteroatoms. The monoisotopic (exact) mass is 357 g/mol. The van der Waals surface area contributed by atoms with Gasteiger partial charge in [0, 0.05) is 17.3 Å². The van der Waals surface area contributed by atoms with Crippen molar-refractivity contribution in [2.75, 3.05) is 6.61 Å². The molecule has 0 aromatic carbocycles. The number of ether oxygens (including phenoxy) is 1. The largest absolute Gasteiger partial charge is 0.478 e. The van der Waals surface area contributed by atoms with E-state index in [2.05, 4.69) is 5.32 Å². The van der Waals surface area contributed by atoms with Crippen molar-refractivity contribution in [2.45, 2.75) is 46.0 Å². The molecule has 0 saturated heterocycles. The van der Waals surface area contributed by atoms with Gasteiger partial charge in [-0.2, -0.15) is 10.5 Å². The predicted octanol–water partition coefficient (Wildman–Crippen LogP) is 2.63. The molecule has 2 N–H and O–H groups in total. The number of carbonyl (C=O) groups excluding carboxylic acids is 1. The van der Waals surface area contributed by atoms with Gasteiger partial charge >= 0.3 is 11.9 Å². The number of carboxylic acid groups (broad SMARTS) is 1. The Balaban J connectivity index is 2.35. The molecule has 2 rings (SSSR count). The second-order valence-electron chi connectivity index (χ2n) is 6.79. The van der Waals surface area contributed by atoms with Gasteiger partial charge in [0.1, 0.15) is 6.61 Å². The maximum absolute atomic E-state index is 12.7. The summed E-state index contributed by atoms with van der Waals surface area (Å²) < 4.78 is 5.18. The minimum absolute atomic E-state index is 0.0622. The summed E-state index contributed by atoms with van der Waals surface area (Å²) in [6.45, 7) is 3.10. The average molecular weight is 357 g/mol. The fourth-order valence-corrected chi connectivity index (χ4v) is 3.88. The van der Waals surface area contributed by atoms with Crippen molar-refractivity contribution in [1.29, 1.82) is 10.5 Å². The molecule has 0 aromatic heterocycles. The third-order valence-corrected chi connectivity index (χ3v) is 5.07. The Labute approximate surface area is 152 Å². The molecule has 1 unspecified atom stereocenters. The molecule has 2 aliphatic rings. The van der Waals surface area contributed by atoms with Crippen LogP contribution in [0.4, 0.5) is 0 Å². The lowest BCUT2D eigenvalue weighted by atomic mass is 9.71. The van der Waals surface area contributed by atoms with E-state index in [0.717, 1.165) is 32.1 Å². The zero-order chi connectivity index (χ0) is 19.3. The van der Waals surface area contributed by atoms with Crippen LogP contribution in [0.2, 0.25) is 0 Å². The number of allylic oxidation sites excluding steroid dienone is 2. The smallest absolute Gasteiger partial charge is 0.336 e. The average Bonchev–Trinajstić information content (AvgIpc) is 2.62. The first kappa shape index (κ1) is 19.5. The summed E-state index contributed by atoms with van der Waals surface area (Å²) >= 11 is 0. The van der Waals surface area contributed by atoms with Gasteiger partial charge in [0.15, 0.2) is 5.92 Å². The van der Waals surface area contributed by atoms with Crippen LogP contribution in [0, 0.1) is 40.4 Å². The van der Waals surface area contributed by atoms with Crippen LogP contribution in [0.3, 0.4) is 0 Å². The summed E-state index contributed by atoms with van der Waals surface area (Å²) in [6.07, 6.45) is 4.84. The van der Waals surface area contributed by atoms with Gasteiger partial charge in [-0.3, -0.25) is 0 Å².